The normalized spacial score (nSPS) is 52.0. The van der Waals surface area contributed by atoms with E-state index in [0.717, 1.165) is 96.7 Å². The minimum atomic E-state index is -0.117. The number of aliphatic hydroxyl groups excluding tert-OH is 2. The van der Waals surface area contributed by atoms with Gasteiger partial charge in [-0.05, 0) is 276 Å². The van der Waals surface area contributed by atoms with Crippen LogP contribution in [0.25, 0.3) is 0 Å². The molecule has 12 aliphatic carbocycles. The number of rotatable bonds is 5. The van der Waals surface area contributed by atoms with E-state index >= 15 is 0 Å². The van der Waals surface area contributed by atoms with Crippen LogP contribution >= 0.6 is 0 Å². The van der Waals surface area contributed by atoms with Crippen molar-refractivity contribution in [2.24, 2.45) is 127 Å². The van der Waals surface area contributed by atoms with Gasteiger partial charge in [-0.2, -0.15) is 0 Å². The van der Waals surface area contributed by atoms with E-state index < -0.39 is 0 Å². The molecule has 12 aliphatic rings. The van der Waals surface area contributed by atoms with Gasteiger partial charge in [0.05, 0.1) is 6.10 Å². The smallest absolute Gasteiger partial charge is 0.133 e. The first-order chi connectivity index (χ1) is 33.7. The van der Waals surface area contributed by atoms with Crippen LogP contribution in [0.15, 0.2) is 34.9 Å². The lowest BCUT2D eigenvalue weighted by molar-refractivity contribution is -0.127. The highest BCUT2D eigenvalue weighted by atomic mass is 16.3. The Bertz CT molecular complexity index is 2080. The summed E-state index contributed by atoms with van der Waals surface area (Å²) in [6.07, 6.45) is 40.2. The Morgan fingerprint density at radius 1 is 0.549 bits per heavy atom. The second-order valence-corrected chi connectivity index (χ2v) is 30.3. The molecule has 4 nitrogen and oxygen atoms in total. The van der Waals surface area contributed by atoms with Crippen LogP contribution < -0.4 is 0 Å². The van der Waals surface area contributed by atoms with Gasteiger partial charge in [0.25, 0.3) is 0 Å². The standard InChI is InChI=1S/C23H38O.C23H36O.C21H32O2/c2*1-15-9-11-22(3)17(13-15)5-6-18-20-8-7-19(16(2)14-24)23(20,4)12-10-21(18)22;1-13(22)17-6-7-18-16-5-4-14-12-15(23)8-10-20(14,2)19(16)9-11-21(17,18)3/h5,15-16,18-21,24H,6-14H2,1-4H3;5,14-16,18-21H,6-13H2,1-4H3;4,15-19,23H,5-12H2,1-3H3/t2*15?,16-,18-,19+,20-,21-,22-,23+;15?,16-,17+,18-,19-,20-,21+/m000/s1. The molecule has 0 bridgehead atoms. The van der Waals surface area contributed by atoms with Gasteiger partial charge in [-0.15, -0.1) is 0 Å². The number of hydrogen-bond donors (Lipinski definition) is 2. The predicted octanol–water partition coefficient (Wildman–Crippen LogP) is 16.4. The van der Waals surface area contributed by atoms with Crippen molar-refractivity contribution >= 4 is 12.1 Å². The molecular formula is C67H106O4. The quantitative estimate of drug-likeness (QED) is 0.213. The second-order valence-electron chi connectivity index (χ2n) is 30.3. The third kappa shape index (κ3) is 8.52. The number of hydrogen-bond acceptors (Lipinski definition) is 4. The summed E-state index contributed by atoms with van der Waals surface area (Å²) in [6, 6.07) is 0. The Hall–Kier alpha value is -1.52. The summed E-state index contributed by atoms with van der Waals surface area (Å²) in [5.74, 6) is 12.3. The minimum Gasteiger partial charge on any atom is -0.396 e. The number of carbonyl (C=O) groups is 2. The first kappa shape index (κ1) is 52.9. The highest BCUT2D eigenvalue weighted by molar-refractivity contribution is 5.79. The van der Waals surface area contributed by atoms with Crippen molar-refractivity contribution in [3.63, 3.8) is 0 Å². The first-order valence-electron chi connectivity index (χ1n) is 31.0. The molecule has 9 fully saturated rings. The van der Waals surface area contributed by atoms with Crippen molar-refractivity contribution in [1.82, 2.24) is 0 Å². The van der Waals surface area contributed by atoms with Crippen molar-refractivity contribution in [3.05, 3.63) is 34.9 Å². The predicted molar refractivity (Wildman–Crippen MR) is 292 cm³/mol. The molecule has 12 rings (SSSR count). The molecule has 71 heavy (non-hydrogen) atoms. The third-order valence-corrected chi connectivity index (χ3v) is 27.2. The lowest BCUT2D eigenvalue weighted by Crippen LogP contribution is -2.50. The molecule has 4 heteroatoms. The summed E-state index contributed by atoms with van der Waals surface area (Å²) in [5, 5.41) is 19.8. The van der Waals surface area contributed by atoms with Gasteiger partial charge in [0.2, 0.25) is 0 Å². The maximum atomic E-state index is 12.2. The number of ketones is 1. The second kappa shape index (κ2) is 19.5. The van der Waals surface area contributed by atoms with Crippen molar-refractivity contribution in [2.45, 2.75) is 236 Å². The van der Waals surface area contributed by atoms with E-state index in [1.807, 2.05) is 18.1 Å². The SMILES string of the molecule is CC(=O)[C@H]1CC[C@H]2[C@@H]3CC=C4CC(O)CC[C@]4(C)[C@H]3CC[C@]12C.CC1CC[C@@]2(C)C(=CC[C@H]3[C@@H]4CC[C@H]([C@@H](C)C=O)[C@@]4(C)CC[C@@H]32)C1.CC1CC[C@@]2(C)C(=CC[C@H]3[C@@H]4CC[C@H]([C@@H](C)CO)[C@@]4(C)CC[C@@H]32)C1. The topological polar surface area (TPSA) is 74.6 Å². The van der Waals surface area contributed by atoms with Crippen LogP contribution in [0.5, 0.6) is 0 Å². The van der Waals surface area contributed by atoms with Crippen LogP contribution in [-0.4, -0.2) is 35.0 Å². The summed E-state index contributed by atoms with van der Waals surface area (Å²) in [4.78, 5) is 23.6. The Labute approximate surface area is 435 Å². The molecule has 0 aromatic heterocycles. The Balaban J connectivity index is 0.000000123. The third-order valence-electron chi connectivity index (χ3n) is 27.2. The lowest BCUT2D eigenvalue weighted by atomic mass is 9.46. The van der Waals surface area contributed by atoms with E-state index in [0.29, 0.717) is 57.2 Å². The van der Waals surface area contributed by atoms with Gasteiger partial charge in [-0.1, -0.05) is 104 Å². The minimum absolute atomic E-state index is 0.117. The van der Waals surface area contributed by atoms with Gasteiger partial charge in [-0.25, -0.2) is 0 Å². The van der Waals surface area contributed by atoms with Gasteiger partial charge in [0, 0.05) is 18.4 Å². The maximum Gasteiger partial charge on any atom is 0.133 e. The van der Waals surface area contributed by atoms with Crippen molar-refractivity contribution in [3.8, 4) is 0 Å². The summed E-state index contributed by atoms with van der Waals surface area (Å²) in [7, 11) is 0. The molecule has 3 unspecified atom stereocenters. The molecule has 0 radical (unpaired) electrons. The molecule has 0 amide bonds. The molecule has 0 aromatic carbocycles. The van der Waals surface area contributed by atoms with E-state index in [1.165, 1.54) is 135 Å². The summed E-state index contributed by atoms with van der Waals surface area (Å²) >= 11 is 0. The van der Waals surface area contributed by atoms with Crippen molar-refractivity contribution in [1.29, 1.82) is 0 Å². The average Bonchev–Trinajstić information content (AvgIpc) is 4.02. The van der Waals surface area contributed by atoms with E-state index in [1.54, 1.807) is 5.57 Å². The maximum absolute atomic E-state index is 12.2. The molecule has 0 aromatic rings. The summed E-state index contributed by atoms with van der Waals surface area (Å²) in [5.41, 5.74) is 7.66. The molecule has 0 saturated heterocycles. The largest absolute Gasteiger partial charge is 0.396 e. The van der Waals surface area contributed by atoms with E-state index in [2.05, 4.69) is 87.5 Å². The Morgan fingerprint density at radius 2 is 0.958 bits per heavy atom. The highest BCUT2D eigenvalue weighted by Crippen LogP contribution is 2.70. The monoisotopic (exact) mass is 975 g/mol. The number of aliphatic hydroxyl groups is 2. The summed E-state index contributed by atoms with van der Waals surface area (Å²) in [6.45, 7) is 26.8. The lowest BCUT2D eigenvalue weighted by Gasteiger charge is -2.58. The molecule has 0 heterocycles. The Kier molecular flexibility index (Phi) is 14.5. The number of aldehydes is 1. The molecule has 0 aliphatic heterocycles. The molecule has 0 spiro atoms. The zero-order valence-electron chi connectivity index (χ0n) is 47.5. The van der Waals surface area contributed by atoms with Gasteiger partial charge in [0.1, 0.15) is 12.1 Å². The zero-order valence-corrected chi connectivity index (χ0v) is 47.5. The molecular weight excluding hydrogens is 869 g/mol. The number of fused-ring (bicyclic) bond motifs is 15. The van der Waals surface area contributed by atoms with E-state index in [4.69, 9.17) is 0 Å². The van der Waals surface area contributed by atoms with Crippen LogP contribution in [0.2, 0.25) is 0 Å². The number of allylic oxidation sites excluding steroid dienone is 5. The number of carbonyl (C=O) groups excluding carboxylic acids is 2. The zero-order chi connectivity index (χ0) is 50.6. The fourth-order valence-electron chi connectivity index (χ4n) is 23.1. The van der Waals surface area contributed by atoms with Crippen molar-refractivity contribution in [2.75, 3.05) is 6.61 Å². The highest BCUT2D eigenvalue weighted by Gasteiger charge is 2.62. The van der Waals surface area contributed by atoms with Crippen LogP contribution in [0.4, 0.5) is 0 Å². The fourth-order valence-corrected chi connectivity index (χ4v) is 23.1. The average molecular weight is 976 g/mol. The van der Waals surface area contributed by atoms with Gasteiger partial charge >= 0.3 is 0 Å². The van der Waals surface area contributed by atoms with Gasteiger partial charge in [-0.3, -0.25) is 4.79 Å². The van der Waals surface area contributed by atoms with Crippen LogP contribution in [0.1, 0.15) is 230 Å². The molecule has 9 saturated carbocycles. The first-order valence-corrected chi connectivity index (χ1v) is 31.0. The van der Waals surface area contributed by atoms with E-state index in [9.17, 15) is 19.8 Å². The van der Waals surface area contributed by atoms with Gasteiger partial charge in [0.15, 0.2) is 0 Å². The Morgan fingerprint density at radius 3 is 1.42 bits per heavy atom. The van der Waals surface area contributed by atoms with E-state index in [-0.39, 0.29) is 17.4 Å². The van der Waals surface area contributed by atoms with Crippen molar-refractivity contribution < 1.29 is 19.8 Å². The van der Waals surface area contributed by atoms with Gasteiger partial charge < -0.3 is 15.0 Å². The fraction of sp³-hybridized carbons (Fsp3) is 0.881. The van der Waals surface area contributed by atoms with Crippen LogP contribution in [0, 0.1) is 127 Å². The van der Waals surface area contributed by atoms with Crippen LogP contribution in [0.3, 0.4) is 0 Å². The molecule has 398 valence electrons. The number of Topliss-reactive ketones (excluding diaryl/α,β-unsaturated/α-hetero) is 1. The molecule has 23 atom stereocenters. The summed E-state index contributed by atoms with van der Waals surface area (Å²) < 4.78 is 0. The molecule has 2 N–H and O–H groups in total. The van der Waals surface area contributed by atoms with Crippen LogP contribution in [-0.2, 0) is 9.59 Å².